The summed E-state index contributed by atoms with van der Waals surface area (Å²) in [6.07, 6.45) is -5.41. The Morgan fingerprint density at radius 2 is 2.06 bits per heavy atom. The highest BCUT2D eigenvalue weighted by Gasteiger charge is 2.50. The first-order chi connectivity index (χ1) is 15.6. The Bertz CT molecular complexity index is 1060. The number of carbonyl (C=O) groups excluding carboxylic acids is 2. The molecule has 7 unspecified atom stereocenters. The van der Waals surface area contributed by atoms with Crippen LogP contribution in [0.2, 0.25) is 0 Å². The Balaban J connectivity index is 1.72. The number of ether oxygens (including phenoxy) is 1. The lowest BCUT2D eigenvalue weighted by Crippen LogP contribution is -2.56. The summed E-state index contributed by atoms with van der Waals surface area (Å²) in [5.74, 6) is -2.57. The molecular formula is C19H23N5O9. The molecule has 1 aliphatic rings. The Kier molecular flexibility index (Phi) is 7.35. The van der Waals surface area contributed by atoms with Gasteiger partial charge in [-0.1, -0.05) is 6.07 Å². The number of carboxylic acid groups (broad SMARTS) is 1. The Morgan fingerprint density at radius 3 is 2.64 bits per heavy atom. The molecule has 0 saturated carbocycles. The molecule has 1 amide bonds. The van der Waals surface area contributed by atoms with Gasteiger partial charge in [0.2, 0.25) is 5.91 Å². The van der Waals surface area contributed by atoms with E-state index in [-0.39, 0.29) is 17.8 Å². The number of hydrogen-bond donors (Lipinski definition) is 7. The molecule has 8 N–H and O–H groups in total. The predicted octanol–water partition coefficient (Wildman–Crippen LogP) is -2.98. The third-order valence-electron chi connectivity index (χ3n) is 5.18. The van der Waals surface area contributed by atoms with Crippen molar-refractivity contribution in [3.63, 3.8) is 0 Å². The van der Waals surface area contributed by atoms with Gasteiger partial charge in [-0.25, -0.2) is 9.59 Å². The molecule has 14 heteroatoms. The largest absolute Gasteiger partial charge is 0.480 e. The lowest BCUT2D eigenvalue weighted by Gasteiger charge is -2.25. The van der Waals surface area contributed by atoms with Crippen molar-refractivity contribution in [2.45, 2.75) is 49.1 Å². The Labute approximate surface area is 185 Å². The number of nitrogens with two attached hydrogens (primary N) is 1. The molecule has 1 saturated heterocycles. The van der Waals surface area contributed by atoms with E-state index in [1.165, 1.54) is 12.3 Å². The van der Waals surface area contributed by atoms with Crippen LogP contribution in [0.15, 0.2) is 35.4 Å². The fourth-order valence-electron chi connectivity index (χ4n) is 3.45. The van der Waals surface area contributed by atoms with E-state index in [1.54, 1.807) is 12.1 Å². The number of aliphatic hydroxyl groups excluding tert-OH is 3. The molecule has 3 rings (SSSR count). The van der Waals surface area contributed by atoms with Gasteiger partial charge in [0, 0.05) is 18.8 Å². The lowest BCUT2D eigenvalue weighted by atomic mass is 10.0. The smallest absolute Gasteiger partial charge is 0.329 e. The SMILES string of the molecule is NC(CC(O)c1ccccn1)C(=O)NC(C(=O)O)C1OC(n2cc(C=O)[nH]c2=O)C(O)C1O. The summed E-state index contributed by atoms with van der Waals surface area (Å²) in [6, 6.07) is 1.59. The number of imidazole rings is 1. The van der Waals surface area contributed by atoms with E-state index in [0.717, 1.165) is 10.8 Å². The summed E-state index contributed by atoms with van der Waals surface area (Å²) in [7, 11) is 0. The first-order valence-corrected chi connectivity index (χ1v) is 9.79. The molecule has 3 heterocycles. The van der Waals surface area contributed by atoms with Crippen molar-refractivity contribution in [1.29, 1.82) is 0 Å². The van der Waals surface area contributed by atoms with Crippen LogP contribution < -0.4 is 16.7 Å². The van der Waals surface area contributed by atoms with Gasteiger partial charge in [0.15, 0.2) is 18.6 Å². The number of rotatable bonds is 9. The number of aromatic nitrogens is 3. The molecular weight excluding hydrogens is 442 g/mol. The molecule has 0 bridgehead atoms. The molecule has 0 aliphatic carbocycles. The number of H-pyrrole nitrogens is 1. The summed E-state index contributed by atoms with van der Waals surface area (Å²) in [6.45, 7) is 0. The molecule has 0 radical (unpaired) electrons. The second-order valence-electron chi connectivity index (χ2n) is 7.45. The number of aromatic amines is 1. The van der Waals surface area contributed by atoms with Crippen LogP contribution in [0.1, 0.15) is 34.9 Å². The maximum Gasteiger partial charge on any atom is 0.329 e. The first kappa shape index (κ1) is 24.2. The predicted molar refractivity (Wildman–Crippen MR) is 108 cm³/mol. The van der Waals surface area contributed by atoms with Gasteiger partial charge in [0.05, 0.1) is 23.5 Å². The zero-order chi connectivity index (χ0) is 24.3. The molecule has 2 aromatic rings. The molecule has 14 nitrogen and oxygen atoms in total. The molecule has 1 fully saturated rings. The number of aliphatic hydroxyl groups is 3. The van der Waals surface area contributed by atoms with E-state index < -0.39 is 60.3 Å². The number of nitrogens with zero attached hydrogens (tertiary/aromatic N) is 2. The van der Waals surface area contributed by atoms with Crippen molar-refractivity contribution >= 4 is 18.2 Å². The number of carboxylic acids is 1. The monoisotopic (exact) mass is 465 g/mol. The standard InChI is InChI=1S/C19H23N5O9/c20-9(5-11(26)10-3-1-2-4-21-10)16(29)23-12(18(30)31)15-13(27)14(28)17(33-15)24-6-8(7-25)22-19(24)32/h1-4,6-7,9,11-15,17,26-28H,5,20H2,(H,22,32)(H,23,29)(H,30,31). The van der Waals surface area contributed by atoms with E-state index in [9.17, 15) is 39.6 Å². The number of carbonyl (C=O) groups is 3. The molecule has 33 heavy (non-hydrogen) atoms. The van der Waals surface area contributed by atoms with E-state index in [0.29, 0.717) is 6.29 Å². The van der Waals surface area contributed by atoms with E-state index >= 15 is 0 Å². The van der Waals surface area contributed by atoms with Gasteiger partial charge in [-0.3, -0.25) is 19.1 Å². The van der Waals surface area contributed by atoms with Crippen LogP contribution in [-0.4, -0.2) is 83.5 Å². The minimum absolute atomic E-state index is 0.130. The van der Waals surface area contributed by atoms with Crippen molar-refractivity contribution in [2.75, 3.05) is 0 Å². The van der Waals surface area contributed by atoms with Crippen molar-refractivity contribution in [3.05, 3.63) is 52.5 Å². The van der Waals surface area contributed by atoms with Crippen LogP contribution >= 0.6 is 0 Å². The second-order valence-corrected chi connectivity index (χ2v) is 7.45. The third kappa shape index (κ3) is 5.15. The molecule has 0 spiro atoms. The van der Waals surface area contributed by atoms with Gasteiger partial charge in [0.25, 0.3) is 0 Å². The zero-order valence-electron chi connectivity index (χ0n) is 17.0. The van der Waals surface area contributed by atoms with Gasteiger partial charge in [-0.2, -0.15) is 0 Å². The molecule has 1 aliphatic heterocycles. The van der Waals surface area contributed by atoms with Crippen LogP contribution in [0.5, 0.6) is 0 Å². The highest BCUT2D eigenvalue weighted by Crippen LogP contribution is 2.30. The van der Waals surface area contributed by atoms with Crippen molar-refractivity contribution in [2.24, 2.45) is 5.73 Å². The van der Waals surface area contributed by atoms with E-state index in [1.807, 2.05) is 0 Å². The molecule has 178 valence electrons. The summed E-state index contributed by atoms with van der Waals surface area (Å²) in [5.41, 5.74) is 5.09. The summed E-state index contributed by atoms with van der Waals surface area (Å²) < 4.78 is 6.18. The van der Waals surface area contributed by atoms with Crippen LogP contribution in [0.25, 0.3) is 0 Å². The fourth-order valence-corrected chi connectivity index (χ4v) is 3.45. The summed E-state index contributed by atoms with van der Waals surface area (Å²) in [5, 5.41) is 42.5. The van der Waals surface area contributed by atoms with Gasteiger partial charge in [-0.05, 0) is 12.1 Å². The average molecular weight is 465 g/mol. The Morgan fingerprint density at radius 1 is 1.33 bits per heavy atom. The van der Waals surface area contributed by atoms with Crippen molar-refractivity contribution in [1.82, 2.24) is 19.9 Å². The van der Waals surface area contributed by atoms with Crippen LogP contribution in [0.4, 0.5) is 0 Å². The second kappa shape index (κ2) is 10.0. The van der Waals surface area contributed by atoms with Crippen LogP contribution in [0, 0.1) is 0 Å². The first-order valence-electron chi connectivity index (χ1n) is 9.79. The van der Waals surface area contributed by atoms with Crippen molar-refractivity contribution in [3.8, 4) is 0 Å². The van der Waals surface area contributed by atoms with Gasteiger partial charge in [0.1, 0.15) is 18.3 Å². The van der Waals surface area contributed by atoms with E-state index in [2.05, 4.69) is 15.3 Å². The normalized spacial score (nSPS) is 25.2. The number of nitrogens with one attached hydrogen (secondary N) is 2. The lowest BCUT2D eigenvalue weighted by molar-refractivity contribution is -0.149. The van der Waals surface area contributed by atoms with Crippen LogP contribution in [-0.2, 0) is 14.3 Å². The number of aldehydes is 1. The van der Waals surface area contributed by atoms with Crippen molar-refractivity contribution < 1.29 is 39.5 Å². The maximum atomic E-state index is 12.5. The van der Waals surface area contributed by atoms with Gasteiger partial charge in [-0.15, -0.1) is 0 Å². The summed E-state index contributed by atoms with van der Waals surface area (Å²) >= 11 is 0. The summed E-state index contributed by atoms with van der Waals surface area (Å²) in [4.78, 5) is 53.2. The van der Waals surface area contributed by atoms with Gasteiger partial charge >= 0.3 is 11.7 Å². The highest BCUT2D eigenvalue weighted by atomic mass is 16.6. The average Bonchev–Trinajstić information content (AvgIpc) is 3.31. The number of pyridine rings is 1. The topological polar surface area (TPSA) is 230 Å². The maximum absolute atomic E-state index is 12.5. The quantitative estimate of drug-likeness (QED) is 0.185. The molecule has 2 aromatic heterocycles. The van der Waals surface area contributed by atoms with E-state index in [4.69, 9.17) is 10.5 Å². The van der Waals surface area contributed by atoms with Crippen LogP contribution in [0.3, 0.4) is 0 Å². The highest BCUT2D eigenvalue weighted by molar-refractivity contribution is 5.87. The third-order valence-corrected chi connectivity index (χ3v) is 5.18. The molecule has 0 aromatic carbocycles. The van der Waals surface area contributed by atoms with Gasteiger partial charge < -0.3 is 41.2 Å². The minimum atomic E-state index is -1.86. The minimum Gasteiger partial charge on any atom is -0.480 e. The number of hydrogen-bond acceptors (Lipinski definition) is 10. The fraction of sp³-hybridized carbons (Fsp3) is 0.421. The Hall–Kier alpha value is -3.43. The molecule has 7 atom stereocenters. The number of amides is 1. The zero-order valence-corrected chi connectivity index (χ0v) is 17.0. The number of aliphatic carboxylic acids is 1.